The summed E-state index contributed by atoms with van der Waals surface area (Å²) in [7, 11) is 3.60. The van der Waals surface area contributed by atoms with Crippen molar-refractivity contribution in [3.63, 3.8) is 0 Å². The molecule has 2 rings (SSSR count). The van der Waals surface area contributed by atoms with E-state index in [2.05, 4.69) is 19.8 Å². The molecule has 0 saturated carbocycles. The number of aryl methyl sites for hydroxylation is 1. The highest BCUT2D eigenvalue weighted by atomic mass is 16.5. The van der Waals surface area contributed by atoms with Crippen LogP contribution in [0.5, 0.6) is 6.01 Å². The number of piperazine rings is 1. The van der Waals surface area contributed by atoms with Crippen molar-refractivity contribution in [1.29, 1.82) is 0 Å². The van der Waals surface area contributed by atoms with E-state index in [0.717, 1.165) is 31.1 Å². The SMILES string of the molecule is COc1nc(C)cc(N2CCN(C)C(CO)C2)n1. The van der Waals surface area contributed by atoms with Gasteiger partial charge < -0.3 is 14.7 Å². The van der Waals surface area contributed by atoms with E-state index in [1.165, 1.54) is 0 Å². The zero-order chi connectivity index (χ0) is 13.1. The van der Waals surface area contributed by atoms with Crippen LogP contribution in [0, 0.1) is 6.92 Å². The maximum absolute atomic E-state index is 9.36. The molecule has 1 unspecified atom stereocenters. The molecule has 1 fully saturated rings. The first kappa shape index (κ1) is 13.0. The van der Waals surface area contributed by atoms with Gasteiger partial charge in [-0.3, -0.25) is 4.90 Å². The minimum absolute atomic E-state index is 0.153. The Hall–Kier alpha value is -1.40. The second-order valence-electron chi connectivity index (χ2n) is 4.62. The summed E-state index contributed by atoms with van der Waals surface area (Å²) in [5.74, 6) is 0.867. The van der Waals surface area contributed by atoms with Crippen LogP contribution in [0.3, 0.4) is 0 Å². The highest BCUT2D eigenvalue weighted by Crippen LogP contribution is 2.19. The molecule has 1 atom stereocenters. The number of rotatable bonds is 3. The van der Waals surface area contributed by atoms with E-state index < -0.39 is 0 Å². The normalized spacial score (nSPS) is 21.1. The first-order valence-corrected chi connectivity index (χ1v) is 6.09. The second-order valence-corrected chi connectivity index (χ2v) is 4.62. The first-order chi connectivity index (χ1) is 8.63. The van der Waals surface area contributed by atoms with Crippen LogP contribution in [-0.2, 0) is 0 Å². The van der Waals surface area contributed by atoms with Gasteiger partial charge in [-0.25, -0.2) is 4.98 Å². The fraction of sp³-hybridized carbons (Fsp3) is 0.667. The van der Waals surface area contributed by atoms with Gasteiger partial charge in [0, 0.05) is 31.4 Å². The van der Waals surface area contributed by atoms with Gasteiger partial charge in [-0.05, 0) is 14.0 Å². The lowest BCUT2D eigenvalue weighted by atomic mass is 10.2. The molecule has 2 heterocycles. The molecule has 0 aromatic carbocycles. The second kappa shape index (κ2) is 5.49. The fourth-order valence-electron chi connectivity index (χ4n) is 2.13. The van der Waals surface area contributed by atoms with Gasteiger partial charge in [0.15, 0.2) is 0 Å². The number of aliphatic hydroxyl groups is 1. The lowest BCUT2D eigenvalue weighted by Crippen LogP contribution is -2.53. The van der Waals surface area contributed by atoms with Gasteiger partial charge >= 0.3 is 6.01 Å². The lowest BCUT2D eigenvalue weighted by molar-refractivity contribution is 0.135. The highest BCUT2D eigenvalue weighted by Gasteiger charge is 2.24. The summed E-state index contributed by atoms with van der Waals surface area (Å²) in [6.45, 7) is 4.66. The highest BCUT2D eigenvalue weighted by molar-refractivity contribution is 5.41. The predicted molar refractivity (Wildman–Crippen MR) is 69.0 cm³/mol. The summed E-state index contributed by atoms with van der Waals surface area (Å²) in [5.41, 5.74) is 0.885. The molecule has 1 aliphatic rings. The van der Waals surface area contributed by atoms with Crippen LogP contribution in [0.15, 0.2) is 6.07 Å². The summed E-state index contributed by atoms with van der Waals surface area (Å²) in [5, 5.41) is 9.36. The van der Waals surface area contributed by atoms with Gasteiger partial charge in [-0.2, -0.15) is 4.98 Å². The number of nitrogens with zero attached hydrogens (tertiary/aromatic N) is 4. The number of hydrogen-bond acceptors (Lipinski definition) is 6. The molecule has 100 valence electrons. The molecule has 1 aromatic rings. The van der Waals surface area contributed by atoms with Crippen LogP contribution in [0.25, 0.3) is 0 Å². The van der Waals surface area contributed by atoms with E-state index in [-0.39, 0.29) is 12.6 Å². The van der Waals surface area contributed by atoms with Crippen molar-refractivity contribution in [2.75, 3.05) is 45.3 Å². The Morgan fingerprint density at radius 1 is 1.44 bits per heavy atom. The Morgan fingerprint density at radius 3 is 2.89 bits per heavy atom. The third-order valence-corrected chi connectivity index (χ3v) is 3.31. The minimum atomic E-state index is 0.153. The molecular formula is C12H20N4O2. The van der Waals surface area contributed by atoms with Gasteiger partial charge in [0.2, 0.25) is 0 Å². The van der Waals surface area contributed by atoms with Crippen LogP contribution in [0.4, 0.5) is 5.82 Å². The summed E-state index contributed by atoms with van der Waals surface area (Å²) in [6, 6.07) is 2.49. The molecule has 6 nitrogen and oxygen atoms in total. The van der Waals surface area contributed by atoms with E-state index in [1.807, 2.05) is 20.0 Å². The summed E-state index contributed by atoms with van der Waals surface area (Å²) in [4.78, 5) is 12.9. The van der Waals surface area contributed by atoms with E-state index in [0.29, 0.717) is 6.01 Å². The van der Waals surface area contributed by atoms with Gasteiger partial charge in [-0.15, -0.1) is 0 Å². The molecule has 1 N–H and O–H groups in total. The molecule has 0 radical (unpaired) electrons. The third kappa shape index (κ3) is 2.70. The maximum atomic E-state index is 9.36. The number of likely N-dealkylation sites (N-methyl/N-ethyl adjacent to an activating group) is 1. The van der Waals surface area contributed by atoms with Gasteiger partial charge in [-0.1, -0.05) is 0 Å². The quantitative estimate of drug-likeness (QED) is 0.811. The molecule has 6 heteroatoms. The molecule has 1 aliphatic heterocycles. The zero-order valence-corrected chi connectivity index (χ0v) is 11.1. The van der Waals surface area contributed by atoms with Gasteiger partial charge in [0.05, 0.1) is 19.8 Å². The molecule has 1 saturated heterocycles. The summed E-state index contributed by atoms with van der Waals surface area (Å²) in [6.07, 6.45) is 0. The average Bonchev–Trinajstić information content (AvgIpc) is 2.38. The smallest absolute Gasteiger partial charge is 0.318 e. The number of methoxy groups -OCH3 is 1. The Balaban J connectivity index is 2.18. The maximum Gasteiger partial charge on any atom is 0.318 e. The Labute approximate surface area is 107 Å². The van der Waals surface area contributed by atoms with E-state index >= 15 is 0 Å². The third-order valence-electron chi connectivity index (χ3n) is 3.31. The predicted octanol–water partition coefficient (Wildman–Crippen LogP) is -0.0937. The Kier molecular flexibility index (Phi) is 3.98. The molecule has 0 spiro atoms. The van der Waals surface area contributed by atoms with Crippen molar-refractivity contribution >= 4 is 5.82 Å². The van der Waals surface area contributed by atoms with E-state index in [1.54, 1.807) is 7.11 Å². The topological polar surface area (TPSA) is 61.7 Å². The number of aromatic nitrogens is 2. The Bertz CT molecular complexity index is 413. The van der Waals surface area contributed by atoms with Crippen molar-refractivity contribution in [3.8, 4) is 6.01 Å². The van der Waals surface area contributed by atoms with Crippen molar-refractivity contribution in [3.05, 3.63) is 11.8 Å². The molecule has 0 amide bonds. The van der Waals surface area contributed by atoms with Crippen LogP contribution in [-0.4, -0.2) is 66.4 Å². The van der Waals surface area contributed by atoms with Crippen molar-refractivity contribution in [1.82, 2.24) is 14.9 Å². The monoisotopic (exact) mass is 252 g/mol. The minimum Gasteiger partial charge on any atom is -0.467 e. The van der Waals surface area contributed by atoms with Gasteiger partial charge in [0.1, 0.15) is 5.82 Å². The van der Waals surface area contributed by atoms with Crippen LogP contribution in [0.1, 0.15) is 5.69 Å². The lowest BCUT2D eigenvalue weighted by Gasteiger charge is -2.39. The first-order valence-electron chi connectivity index (χ1n) is 6.09. The fourth-order valence-corrected chi connectivity index (χ4v) is 2.13. The van der Waals surface area contributed by atoms with Crippen molar-refractivity contribution in [2.45, 2.75) is 13.0 Å². The van der Waals surface area contributed by atoms with Gasteiger partial charge in [0.25, 0.3) is 0 Å². The van der Waals surface area contributed by atoms with Crippen LogP contribution >= 0.6 is 0 Å². The molecule has 1 aromatic heterocycles. The largest absolute Gasteiger partial charge is 0.467 e. The van der Waals surface area contributed by atoms with Crippen molar-refractivity contribution < 1.29 is 9.84 Å². The van der Waals surface area contributed by atoms with Crippen LogP contribution < -0.4 is 9.64 Å². The summed E-state index contributed by atoms with van der Waals surface area (Å²) < 4.78 is 5.09. The van der Waals surface area contributed by atoms with E-state index in [4.69, 9.17) is 4.74 Å². The Morgan fingerprint density at radius 2 is 2.22 bits per heavy atom. The van der Waals surface area contributed by atoms with Crippen molar-refractivity contribution in [2.24, 2.45) is 0 Å². The zero-order valence-electron chi connectivity index (χ0n) is 11.1. The molecule has 0 aliphatic carbocycles. The van der Waals surface area contributed by atoms with E-state index in [9.17, 15) is 5.11 Å². The summed E-state index contributed by atoms with van der Waals surface area (Å²) >= 11 is 0. The number of ether oxygens (including phenoxy) is 1. The van der Waals surface area contributed by atoms with Crippen LogP contribution in [0.2, 0.25) is 0 Å². The standard InChI is InChI=1S/C12H20N4O2/c1-9-6-11(14-12(13-9)18-3)16-5-4-15(2)10(7-16)8-17/h6,10,17H,4-5,7-8H2,1-3H3. The number of anilines is 1. The molecular weight excluding hydrogens is 232 g/mol. The number of aliphatic hydroxyl groups excluding tert-OH is 1. The molecule has 0 bridgehead atoms. The average molecular weight is 252 g/mol. The number of hydrogen-bond donors (Lipinski definition) is 1. The molecule has 18 heavy (non-hydrogen) atoms.